The lowest BCUT2D eigenvalue weighted by Crippen LogP contribution is -2.70. The van der Waals surface area contributed by atoms with Crippen LogP contribution in [0.1, 0.15) is 17.7 Å². The maximum Gasteiger partial charge on any atom is 0.247 e. The summed E-state index contributed by atoms with van der Waals surface area (Å²) in [5, 5.41) is 0. The molecular formula is C18H22N4O3S. The van der Waals surface area contributed by atoms with Gasteiger partial charge in [-0.2, -0.15) is 4.31 Å². The lowest BCUT2D eigenvalue weighted by molar-refractivity contribution is 0.0872. The highest BCUT2D eigenvalue weighted by atomic mass is 32.2. The highest BCUT2D eigenvalue weighted by Crippen LogP contribution is 2.40. The quantitative estimate of drug-likeness (QED) is 0.812. The molecule has 3 aliphatic heterocycles. The Labute approximate surface area is 153 Å². The van der Waals surface area contributed by atoms with Gasteiger partial charge in [-0.1, -0.05) is 6.07 Å². The van der Waals surface area contributed by atoms with Crippen LogP contribution in [0.5, 0.6) is 5.75 Å². The van der Waals surface area contributed by atoms with E-state index < -0.39 is 10.0 Å². The highest BCUT2D eigenvalue weighted by molar-refractivity contribution is 7.89. The first-order chi connectivity index (χ1) is 12.4. The molecule has 2 aromatic rings. The number of fused-ring (bicyclic) bond motifs is 2. The summed E-state index contributed by atoms with van der Waals surface area (Å²) in [6.07, 6.45) is 2.44. The van der Waals surface area contributed by atoms with Gasteiger partial charge in [0.25, 0.3) is 0 Å². The van der Waals surface area contributed by atoms with E-state index in [9.17, 15) is 8.42 Å². The van der Waals surface area contributed by atoms with Gasteiger partial charge in [0.05, 0.1) is 7.11 Å². The molecule has 0 N–H and O–H groups in total. The van der Waals surface area contributed by atoms with Gasteiger partial charge in [0.15, 0.2) is 0 Å². The largest absolute Gasteiger partial charge is 0.495 e. The Hall–Kier alpha value is -2.19. The van der Waals surface area contributed by atoms with Gasteiger partial charge in [0, 0.05) is 36.9 Å². The van der Waals surface area contributed by atoms with Crippen LogP contribution in [0, 0.1) is 13.8 Å². The van der Waals surface area contributed by atoms with E-state index in [0.717, 1.165) is 23.5 Å². The van der Waals surface area contributed by atoms with Crippen LogP contribution in [0.25, 0.3) is 0 Å². The van der Waals surface area contributed by atoms with Gasteiger partial charge in [0.2, 0.25) is 10.0 Å². The average molecular weight is 374 g/mol. The minimum atomic E-state index is -3.59. The Balaban J connectivity index is 1.61. The van der Waals surface area contributed by atoms with Gasteiger partial charge in [-0.25, -0.2) is 18.4 Å². The maximum absolute atomic E-state index is 13.3. The van der Waals surface area contributed by atoms with E-state index in [0.29, 0.717) is 18.8 Å². The number of piperidine rings is 1. The predicted octanol–water partition coefficient (Wildman–Crippen LogP) is 1.75. The summed E-state index contributed by atoms with van der Waals surface area (Å²) in [4.78, 5) is 10.9. The second-order valence-corrected chi connectivity index (χ2v) is 8.77. The summed E-state index contributed by atoms with van der Waals surface area (Å²) in [6.45, 7) is 5.09. The van der Waals surface area contributed by atoms with Gasteiger partial charge in [0.1, 0.15) is 22.8 Å². The van der Waals surface area contributed by atoms with Crippen LogP contribution in [0.3, 0.4) is 0 Å². The number of anilines is 1. The number of benzene rings is 1. The van der Waals surface area contributed by atoms with E-state index >= 15 is 0 Å². The molecule has 138 valence electrons. The van der Waals surface area contributed by atoms with Gasteiger partial charge >= 0.3 is 0 Å². The first-order valence-corrected chi connectivity index (χ1v) is 10.1. The molecular weight excluding hydrogens is 352 g/mol. The number of aromatic nitrogens is 2. The molecule has 0 radical (unpaired) electrons. The van der Waals surface area contributed by atoms with Gasteiger partial charge in [-0.15, -0.1) is 0 Å². The fraction of sp³-hybridized carbons (Fsp3) is 0.444. The van der Waals surface area contributed by atoms with Crippen LogP contribution >= 0.6 is 0 Å². The van der Waals surface area contributed by atoms with Crippen molar-refractivity contribution in [2.75, 3.05) is 25.1 Å². The fourth-order valence-electron chi connectivity index (χ4n) is 3.87. The third-order valence-corrected chi connectivity index (χ3v) is 7.14. The first kappa shape index (κ1) is 17.2. The van der Waals surface area contributed by atoms with Crippen molar-refractivity contribution in [2.24, 2.45) is 0 Å². The zero-order valence-corrected chi connectivity index (χ0v) is 15.9. The third kappa shape index (κ3) is 2.73. The van der Waals surface area contributed by atoms with E-state index in [1.54, 1.807) is 22.8 Å². The zero-order valence-electron chi connectivity index (χ0n) is 15.1. The van der Waals surface area contributed by atoms with Crippen molar-refractivity contribution in [3.63, 3.8) is 0 Å². The number of nitrogens with zero attached hydrogens (tertiary/aromatic N) is 4. The lowest BCUT2D eigenvalue weighted by atomic mass is 9.91. The number of rotatable bonds is 4. The molecule has 4 heterocycles. The third-order valence-electron chi connectivity index (χ3n) is 5.11. The first-order valence-electron chi connectivity index (χ1n) is 8.62. The summed E-state index contributed by atoms with van der Waals surface area (Å²) in [7, 11) is -2.09. The summed E-state index contributed by atoms with van der Waals surface area (Å²) in [5.74, 6) is 1.25. The standard InChI is InChI=1S/C18H22N4O3S/c1-12-4-5-16(25-3)17(6-12)26(23,24)22-14-8-15(22)10-21(9-14)18-7-13(2)19-11-20-18/h4-7,11,14-15H,8-10H2,1-3H3. The minimum Gasteiger partial charge on any atom is -0.495 e. The van der Waals surface area contributed by atoms with E-state index in [-0.39, 0.29) is 17.0 Å². The molecule has 7 nitrogen and oxygen atoms in total. The lowest BCUT2D eigenvalue weighted by Gasteiger charge is -2.55. The molecule has 3 fully saturated rings. The second kappa shape index (κ2) is 6.21. The average Bonchev–Trinajstić information content (AvgIpc) is 2.61. The number of hydrogen-bond donors (Lipinski definition) is 0. The molecule has 2 bridgehead atoms. The molecule has 8 heteroatoms. The molecule has 26 heavy (non-hydrogen) atoms. The van der Waals surface area contributed by atoms with Crippen molar-refractivity contribution in [1.29, 1.82) is 0 Å². The van der Waals surface area contributed by atoms with Gasteiger partial charge in [-0.3, -0.25) is 0 Å². The molecule has 0 aliphatic carbocycles. The van der Waals surface area contributed by atoms with Gasteiger partial charge < -0.3 is 9.64 Å². The van der Waals surface area contributed by atoms with Crippen molar-refractivity contribution in [1.82, 2.24) is 14.3 Å². The van der Waals surface area contributed by atoms with Crippen molar-refractivity contribution in [3.05, 3.63) is 41.9 Å². The molecule has 1 aromatic heterocycles. The second-order valence-electron chi connectivity index (χ2n) is 6.96. The molecule has 2 unspecified atom stereocenters. The number of piperazine rings is 1. The molecule has 3 saturated heterocycles. The van der Waals surface area contributed by atoms with Crippen molar-refractivity contribution in [2.45, 2.75) is 37.2 Å². The number of ether oxygens (including phenoxy) is 1. The Morgan fingerprint density at radius 1 is 1.12 bits per heavy atom. The summed E-state index contributed by atoms with van der Waals surface area (Å²) < 4.78 is 33.5. The number of methoxy groups -OCH3 is 1. The van der Waals surface area contributed by atoms with Gasteiger partial charge in [-0.05, 0) is 38.0 Å². The summed E-state index contributed by atoms with van der Waals surface area (Å²) >= 11 is 0. The molecule has 2 atom stereocenters. The Morgan fingerprint density at radius 3 is 2.50 bits per heavy atom. The van der Waals surface area contributed by atoms with E-state index in [1.807, 2.05) is 26.0 Å². The molecule has 1 aromatic carbocycles. The summed E-state index contributed by atoms with van der Waals surface area (Å²) in [5.41, 5.74) is 1.80. The topological polar surface area (TPSA) is 75.6 Å². The summed E-state index contributed by atoms with van der Waals surface area (Å²) in [6, 6.07) is 7.11. The molecule has 5 rings (SSSR count). The fourth-order valence-corrected chi connectivity index (χ4v) is 5.93. The van der Waals surface area contributed by atoms with Crippen molar-refractivity contribution in [3.8, 4) is 5.75 Å². The monoisotopic (exact) mass is 374 g/mol. The predicted molar refractivity (Wildman–Crippen MR) is 97.9 cm³/mol. The number of aryl methyl sites for hydroxylation is 2. The van der Waals surface area contributed by atoms with Crippen LogP contribution in [-0.4, -0.2) is 55.0 Å². The van der Waals surface area contributed by atoms with Crippen LogP contribution in [0.4, 0.5) is 5.82 Å². The normalized spacial score (nSPS) is 22.8. The van der Waals surface area contributed by atoms with E-state index in [4.69, 9.17) is 4.74 Å². The Bertz CT molecular complexity index is 935. The molecule has 3 aliphatic rings. The van der Waals surface area contributed by atoms with Crippen LogP contribution in [0.15, 0.2) is 35.5 Å². The van der Waals surface area contributed by atoms with Crippen LogP contribution in [0.2, 0.25) is 0 Å². The van der Waals surface area contributed by atoms with Crippen molar-refractivity contribution < 1.29 is 13.2 Å². The van der Waals surface area contributed by atoms with Crippen LogP contribution < -0.4 is 9.64 Å². The van der Waals surface area contributed by atoms with E-state index in [1.165, 1.54) is 7.11 Å². The minimum absolute atomic E-state index is 0.0424. The SMILES string of the molecule is COc1ccc(C)cc1S(=O)(=O)N1C2CC1CN(c1cc(C)ncn1)C2. The molecule has 0 saturated carbocycles. The molecule has 0 spiro atoms. The zero-order chi connectivity index (χ0) is 18.5. The smallest absolute Gasteiger partial charge is 0.247 e. The highest BCUT2D eigenvalue weighted by Gasteiger charge is 2.52. The number of sulfonamides is 1. The van der Waals surface area contributed by atoms with Crippen LogP contribution in [-0.2, 0) is 10.0 Å². The van der Waals surface area contributed by atoms with E-state index in [2.05, 4.69) is 14.9 Å². The number of hydrogen-bond acceptors (Lipinski definition) is 6. The molecule has 0 amide bonds. The maximum atomic E-state index is 13.3. The van der Waals surface area contributed by atoms with Crippen molar-refractivity contribution >= 4 is 15.8 Å². The Morgan fingerprint density at radius 2 is 1.85 bits per heavy atom. The Kier molecular flexibility index (Phi) is 4.11.